The summed E-state index contributed by atoms with van der Waals surface area (Å²) in [6.07, 6.45) is 2.01. The fourth-order valence-electron chi connectivity index (χ4n) is 2.56. The fourth-order valence-corrected chi connectivity index (χ4v) is 3.27. The van der Waals surface area contributed by atoms with Crippen LogP contribution in [0.1, 0.15) is 34.3 Å². The third kappa shape index (κ3) is 2.82. The van der Waals surface area contributed by atoms with E-state index in [4.69, 9.17) is 0 Å². The summed E-state index contributed by atoms with van der Waals surface area (Å²) in [5, 5.41) is 8.83. The summed E-state index contributed by atoms with van der Waals surface area (Å²) < 4.78 is 0. The molecule has 20 heavy (non-hydrogen) atoms. The third-order valence-electron chi connectivity index (χ3n) is 3.50. The number of amides is 2. The zero-order valence-corrected chi connectivity index (χ0v) is 12.2. The standard InChI is InChI=1S/C15H17N3OS/c1-10-9-20-14(17-10)8-16-15(19)18-13-7-6-11-4-2-3-5-12(11)13/h2-5,9,13H,6-8H2,1H3,(H2,16,18,19)/t13-/m1/s1. The predicted octanol–water partition coefficient (Wildman–Crippen LogP) is 2.94. The van der Waals surface area contributed by atoms with E-state index < -0.39 is 0 Å². The Morgan fingerprint density at radius 1 is 1.45 bits per heavy atom. The number of fused-ring (bicyclic) bond motifs is 1. The number of carbonyl (C=O) groups is 1. The van der Waals surface area contributed by atoms with Crippen LogP contribution in [0.2, 0.25) is 0 Å². The lowest BCUT2D eigenvalue weighted by Crippen LogP contribution is -2.36. The highest BCUT2D eigenvalue weighted by atomic mass is 32.1. The molecule has 0 aliphatic heterocycles. The number of carbonyl (C=O) groups excluding carboxylic acids is 1. The SMILES string of the molecule is Cc1csc(CNC(=O)N[C@@H]2CCc3ccccc32)n1. The minimum Gasteiger partial charge on any atom is -0.332 e. The molecule has 1 aliphatic rings. The molecule has 1 aromatic carbocycles. The van der Waals surface area contributed by atoms with Gasteiger partial charge in [0.05, 0.1) is 12.6 Å². The van der Waals surface area contributed by atoms with E-state index in [1.807, 2.05) is 24.4 Å². The van der Waals surface area contributed by atoms with Crippen LogP contribution in [0, 0.1) is 6.92 Å². The lowest BCUT2D eigenvalue weighted by atomic mass is 10.1. The molecule has 0 bridgehead atoms. The first kappa shape index (κ1) is 13.1. The van der Waals surface area contributed by atoms with E-state index >= 15 is 0 Å². The van der Waals surface area contributed by atoms with Gasteiger partial charge in [-0.2, -0.15) is 0 Å². The van der Waals surface area contributed by atoms with Crippen LogP contribution in [0.5, 0.6) is 0 Å². The van der Waals surface area contributed by atoms with Gasteiger partial charge in [-0.3, -0.25) is 0 Å². The second-order valence-electron chi connectivity index (χ2n) is 5.00. The number of urea groups is 1. The Morgan fingerprint density at radius 2 is 2.30 bits per heavy atom. The highest BCUT2D eigenvalue weighted by Gasteiger charge is 2.23. The van der Waals surface area contributed by atoms with Crippen molar-refractivity contribution in [2.24, 2.45) is 0 Å². The number of hydrogen-bond acceptors (Lipinski definition) is 3. The number of thiazole rings is 1. The van der Waals surface area contributed by atoms with Gasteiger partial charge < -0.3 is 10.6 Å². The molecular formula is C15H17N3OS. The fraction of sp³-hybridized carbons (Fsp3) is 0.333. The van der Waals surface area contributed by atoms with Gasteiger partial charge in [0.25, 0.3) is 0 Å². The largest absolute Gasteiger partial charge is 0.332 e. The van der Waals surface area contributed by atoms with Crippen LogP contribution in [0.25, 0.3) is 0 Å². The summed E-state index contributed by atoms with van der Waals surface area (Å²) in [4.78, 5) is 16.3. The van der Waals surface area contributed by atoms with Gasteiger partial charge in [0.15, 0.2) is 0 Å². The summed E-state index contributed by atoms with van der Waals surface area (Å²) in [5.41, 5.74) is 3.58. The van der Waals surface area contributed by atoms with Gasteiger partial charge >= 0.3 is 6.03 Å². The van der Waals surface area contributed by atoms with Gasteiger partial charge in [-0.1, -0.05) is 24.3 Å². The Bertz CT molecular complexity index is 623. The van der Waals surface area contributed by atoms with Crippen molar-refractivity contribution in [3.8, 4) is 0 Å². The molecule has 0 radical (unpaired) electrons. The van der Waals surface area contributed by atoms with Crippen LogP contribution in [-0.2, 0) is 13.0 Å². The Morgan fingerprint density at radius 3 is 3.10 bits per heavy atom. The Kier molecular flexibility index (Phi) is 3.69. The number of nitrogens with one attached hydrogen (secondary N) is 2. The van der Waals surface area contributed by atoms with E-state index in [9.17, 15) is 4.79 Å². The van der Waals surface area contributed by atoms with Crippen LogP contribution < -0.4 is 10.6 Å². The Labute approximate surface area is 122 Å². The van der Waals surface area contributed by atoms with Crippen LogP contribution >= 0.6 is 11.3 Å². The van der Waals surface area contributed by atoms with Gasteiger partial charge in [0.1, 0.15) is 5.01 Å². The van der Waals surface area contributed by atoms with Crippen LogP contribution in [-0.4, -0.2) is 11.0 Å². The molecular weight excluding hydrogens is 270 g/mol. The Hall–Kier alpha value is -1.88. The first-order valence-corrected chi connectivity index (χ1v) is 7.63. The van der Waals surface area contributed by atoms with Crippen molar-refractivity contribution in [3.63, 3.8) is 0 Å². The molecule has 3 rings (SSSR count). The lowest BCUT2D eigenvalue weighted by Gasteiger charge is -2.14. The van der Waals surface area contributed by atoms with Crippen molar-refractivity contribution in [2.75, 3.05) is 0 Å². The van der Waals surface area contributed by atoms with Crippen molar-refractivity contribution in [3.05, 3.63) is 51.5 Å². The van der Waals surface area contributed by atoms with Crippen LogP contribution in [0.4, 0.5) is 4.79 Å². The second kappa shape index (κ2) is 5.63. The molecule has 2 N–H and O–H groups in total. The van der Waals surface area contributed by atoms with Crippen molar-refractivity contribution < 1.29 is 4.79 Å². The van der Waals surface area contributed by atoms with Crippen molar-refractivity contribution in [1.29, 1.82) is 0 Å². The molecule has 0 fully saturated rings. The van der Waals surface area contributed by atoms with E-state index in [2.05, 4.69) is 27.8 Å². The number of aromatic nitrogens is 1. The number of nitrogens with zero attached hydrogens (tertiary/aromatic N) is 1. The highest BCUT2D eigenvalue weighted by Crippen LogP contribution is 2.30. The average molecular weight is 287 g/mol. The summed E-state index contributed by atoms with van der Waals surface area (Å²) in [5.74, 6) is 0. The van der Waals surface area contributed by atoms with E-state index in [0.29, 0.717) is 6.54 Å². The van der Waals surface area contributed by atoms with Gasteiger partial charge in [-0.05, 0) is 30.9 Å². The Balaban J connectivity index is 1.55. The smallest absolute Gasteiger partial charge is 0.315 e. The highest BCUT2D eigenvalue weighted by molar-refractivity contribution is 7.09. The van der Waals surface area contributed by atoms with E-state index in [-0.39, 0.29) is 12.1 Å². The third-order valence-corrected chi connectivity index (χ3v) is 4.47. The molecule has 2 amide bonds. The molecule has 0 saturated carbocycles. The first-order valence-electron chi connectivity index (χ1n) is 6.75. The van der Waals surface area contributed by atoms with Gasteiger partial charge in [-0.15, -0.1) is 11.3 Å². The molecule has 0 spiro atoms. The van der Waals surface area contributed by atoms with Gasteiger partial charge in [0.2, 0.25) is 0 Å². The minimum absolute atomic E-state index is 0.125. The summed E-state index contributed by atoms with van der Waals surface area (Å²) in [6.45, 7) is 2.44. The molecule has 1 heterocycles. The maximum atomic E-state index is 11.9. The zero-order valence-electron chi connectivity index (χ0n) is 11.3. The molecule has 5 heteroatoms. The maximum absolute atomic E-state index is 11.9. The summed E-state index contributed by atoms with van der Waals surface area (Å²) >= 11 is 1.57. The lowest BCUT2D eigenvalue weighted by molar-refractivity contribution is 0.236. The second-order valence-corrected chi connectivity index (χ2v) is 5.94. The molecule has 0 unspecified atom stereocenters. The zero-order chi connectivity index (χ0) is 13.9. The molecule has 4 nitrogen and oxygen atoms in total. The van der Waals surface area contributed by atoms with E-state index in [1.165, 1.54) is 11.1 Å². The van der Waals surface area contributed by atoms with E-state index in [1.54, 1.807) is 11.3 Å². The average Bonchev–Trinajstić information content (AvgIpc) is 3.04. The monoisotopic (exact) mass is 287 g/mol. The number of aryl methyl sites for hydroxylation is 2. The number of rotatable bonds is 3. The molecule has 0 saturated heterocycles. The molecule has 1 aromatic heterocycles. The minimum atomic E-state index is -0.125. The van der Waals surface area contributed by atoms with Gasteiger partial charge in [0, 0.05) is 11.1 Å². The molecule has 1 aliphatic carbocycles. The topological polar surface area (TPSA) is 54.0 Å². The van der Waals surface area contributed by atoms with Crippen molar-refractivity contribution in [2.45, 2.75) is 32.4 Å². The quantitative estimate of drug-likeness (QED) is 0.912. The van der Waals surface area contributed by atoms with Crippen LogP contribution in [0.3, 0.4) is 0 Å². The molecule has 2 aromatic rings. The van der Waals surface area contributed by atoms with Gasteiger partial charge in [-0.25, -0.2) is 9.78 Å². The molecule has 1 atom stereocenters. The number of hydrogen-bond donors (Lipinski definition) is 2. The van der Waals surface area contributed by atoms with Crippen molar-refractivity contribution >= 4 is 17.4 Å². The van der Waals surface area contributed by atoms with E-state index in [0.717, 1.165) is 23.5 Å². The number of benzene rings is 1. The normalized spacial score (nSPS) is 16.8. The van der Waals surface area contributed by atoms with Crippen molar-refractivity contribution in [1.82, 2.24) is 15.6 Å². The summed E-state index contributed by atoms with van der Waals surface area (Å²) in [7, 11) is 0. The maximum Gasteiger partial charge on any atom is 0.315 e. The predicted molar refractivity (Wildman–Crippen MR) is 79.7 cm³/mol. The van der Waals surface area contributed by atoms with Crippen LogP contribution in [0.15, 0.2) is 29.6 Å². The first-order chi connectivity index (χ1) is 9.72. The summed E-state index contributed by atoms with van der Waals surface area (Å²) in [6, 6.07) is 8.30. The molecule has 104 valence electrons.